The normalized spacial score (nSPS) is 14.8. The Morgan fingerprint density at radius 3 is 2.65 bits per heavy atom. The molecule has 1 aliphatic heterocycles. The summed E-state index contributed by atoms with van der Waals surface area (Å²) in [6.07, 6.45) is 2.40. The van der Waals surface area contributed by atoms with E-state index in [0.29, 0.717) is 6.42 Å². The van der Waals surface area contributed by atoms with Gasteiger partial charge in [-0.15, -0.1) is 0 Å². The Morgan fingerprint density at radius 1 is 1.04 bits per heavy atom. The maximum Gasteiger partial charge on any atom is 0.227 e. The quantitative estimate of drug-likeness (QED) is 0.785. The van der Waals surface area contributed by atoms with E-state index in [1.807, 2.05) is 17.2 Å². The van der Waals surface area contributed by atoms with Crippen molar-refractivity contribution in [2.45, 2.75) is 20.3 Å². The number of aryl methyl sites for hydroxylation is 1. The van der Waals surface area contributed by atoms with Gasteiger partial charge in [-0.1, -0.05) is 24.3 Å². The molecule has 1 aromatic heterocycles. The van der Waals surface area contributed by atoms with Gasteiger partial charge in [-0.05, 0) is 54.1 Å². The number of nitrogens with zero attached hydrogens (tertiary/aromatic N) is 2. The Hall–Kier alpha value is -2.75. The first kappa shape index (κ1) is 16.7. The predicted octanol–water partition coefficient (Wildman–Crippen LogP) is 3.68. The van der Waals surface area contributed by atoms with Crippen molar-refractivity contribution in [1.29, 1.82) is 0 Å². The summed E-state index contributed by atoms with van der Waals surface area (Å²) in [5, 5.41) is 1.18. The average Bonchev–Trinajstić information content (AvgIpc) is 3.12. The van der Waals surface area contributed by atoms with Crippen molar-refractivity contribution in [3.8, 4) is 0 Å². The smallest absolute Gasteiger partial charge is 0.227 e. The van der Waals surface area contributed by atoms with Crippen molar-refractivity contribution < 1.29 is 4.79 Å². The molecule has 0 aliphatic carbocycles. The molecule has 0 spiro atoms. The highest BCUT2D eigenvalue weighted by atomic mass is 16.2. The molecule has 0 unspecified atom stereocenters. The Kier molecular flexibility index (Phi) is 4.41. The van der Waals surface area contributed by atoms with E-state index < -0.39 is 0 Å². The predicted molar refractivity (Wildman–Crippen MR) is 107 cm³/mol. The maximum atomic E-state index is 12.7. The number of hydrogen-bond acceptors (Lipinski definition) is 2. The van der Waals surface area contributed by atoms with Gasteiger partial charge in [-0.2, -0.15) is 0 Å². The molecule has 1 aliphatic rings. The van der Waals surface area contributed by atoms with Gasteiger partial charge in [-0.3, -0.25) is 4.79 Å². The van der Waals surface area contributed by atoms with E-state index in [0.717, 1.165) is 37.3 Å². The van der Waals surface area contributed by atoms with E-state index in [9.17, 15) is 4.79 Å². The molecule has 134 valence electrons. The van der Waals surface area contributed by atoms with E-state index in [1.54, 1.807) is 0 Å². The highest BCUT2D eigenvalue weighted by Gasteiger charge is 2.22. The zero-order chi connectivity index (χ0) is 18.1. The van der Waals surface area contributed by atoms with Crippen LogP contribution in [0.5, 0.6) is 0 Å². The van der Waals surface area contributed by atoms with Crippen LogP contribution in [0.2, 0.25) is 0 Å². The van der Waals surface area contributed by atoms with E-state index in [-0.39, 0.29) is 5.91 Å². The van der Waals surface area contributed by atoms with E-state index >= 15 is 0 Å². The highest BCUT2D eigenvalue weighted by molar-refractivity contribution is 5.83. The summed E-state index contributed by atoms with van der Waals surface area (Å²) in [6.45, 7) is 7.70. The number of carbonyl (C=O) groups excluding carboxylic acids is 1. The molecule has 0 atom stereocenters. The number of nitrogens with one attached hydrogen (secondary N) is 1. The summed E-state index contributed by atoms with van der Waals surface area (Å²) in [4.78, 5) is 20.3. The van der Waals surface area contributed by atoms with E-state index in [2.05, 4.69) is 60.1 Å². The zero-order valence-electron chi connectivity index (χ0n) is 15.5. The lowest BCUT2D eigenvalue weighted by molar-refractivity contribution is -0.130. The highest BCUT2D eigenvalue weighted by Crippen LogP contribution is 2.24. The van der Waals surface area contributed by atoms with Gasteiger partial charge in [0, 0.05) is 43.6 Å². The third kappa shape index (κ3) is 3.19. The summed E-state index contributed by atoms with van der Waals surface area (Å²) in [5.41, 5.74) is 6.12. The second-order valence-electron chi connectivity index (χ2n) is 7.16. The number of amides is 1. The Balaban J connectivity index is 1.39. The number of aromatic nitrogens is 1. The van der Waals surface area contributed by atoms with Crippen LogP contribution in [0.15, 0.2) is 48.7 Å². The molecular weight excluding hydrogens is 322 g/mol. The number of hydrogen-bond donors (Lipinski definition) is 1. The molecule has 1 saturated heterocycles. The van der Waals surface area contributed by atoms with Crippen LogP contribution in [0, 0.1) is 13.8 Å². The van der Waals surface area contributed by atoms with Crippen LogP contribution in [0.3, 0.4) is 0 Å². The van der Waals surface area contributed by atoms with Gasteiger partial charge in [-0.25, -0.2) is 0 Å². The monoisotopic (exact) mass is 347 g/mol. The SMILES string of the molecule is Cc1cccc(N2CCN(C(=O)Cc3ccc4cc[nH]c4c3)CC2)c1C. The van der Waals surface area contributed by atoms with Crippen molar-refractivity contribution in [2.75, 3.05) is 31.1 Å². The number of anilines is 1. The standard InChI is InChI=1S/C22H25N3O/c1-16-4-3-5-21(17(16)2)24-10-12-25(13-11-24)22(26)15-18-6-7-19-8-9-23-20(19)14-18/h3-9,14,23H,10-13,15H2,1-2H3. The minimum Gasteiger partial charge on any atom is -0.368 e. The first-order valence-electron chi connectivity index (χ1n) is 9.27. The lowest BCUT2D eigenvalue weighted by Crippen LogP contribution is -2.49. The second-order valence-corrected chi connectivity index (χ2v) is 7.16. The van der Waals surface area contributed by atoms with Crippen LogP contribution in [-0.2, 0) is 11.2 Å². The summed E-state index contributed by atoms with van der Waals surface area (Å²) >= 11 is 0. The number of aromatic amines is 1. The number of carbonyl (C=O) groups is 1. The van der Waals surface area contributed by atoms with Crippen LogP contribution in [0.25, 0.3) is 10.9 Å². The van der Waals surface area contributed by atoms with Crippen molar-refractivity contribution in [3.63, 3.8) is 0 Å². The van der Waals surface area contributed by atoms with E-state index in [4.69, 9.17) is 0 Å². The molecule has 1 amide bonds. The lowest BCUT2D eigenvalue weighted by Gasteiger charge is -2.37. The lowest BCUT2D eigenvalue weighted by atomic mass is 10.1. The molecule has 0 bridgehead atoms. The number of piperazine rings is 1. The molecule has 1 N–H and O–H groups in total. The molecule has 4 nitrogen and oxygen atoms in total. The van der Waals surface area contributed by atoms with Crippen LogP contribution in [-0.4, -0.2) is 42.0 Å². The Morgan fingerprint density at radius 2 is 1.85 bits per heavy atom. The fourth-order valence-electron chi connectivity index (χ4n) is 3.77. The summed E-state index contributed by atoms with van der Waals surface area (Å²) in [5.74, 6) is 0.219. The van der Waals surface area contributed by atoms with Crippen LogP contribution in [0.1, 0.15) is 16.7 Å². The van der Waals surface area contributed by atoms with Crippen molar-refractivity contribution in [3.05, 3.63) is 65.4 Å². The largest absolute Gasteiger partial charge is 0.368 e. The maximum absolute atomic E-state index is 12.7. The first-order chi connectivity index (χ1) is 12.6. The van der Waals surface area contributed by atoms with Gasteiger partial charge in [0.1, 0.15) is 0 Å². The van der Waals surface area contributed by atoms with Gasteiger partial charge in [0.25, 0.3) is 0 Å². The van der Waals surface area contributed by atoms with Crippen molar-refractivity contribution in [2.24, 2.45) is 0 Å². The first-order valence-corrected chi connectivity index (χ1v) is 9.27. The molecule has 3 aromatic rings. The summed E-state index contributed by atoms with van der Waals surface area (Å²) < 4.78 is 0. The molecule has 1 fully saturated rings. The van der Waals surface area contributed by atoms with Crippen LogP contribution >= 0.6 is 0 Å². The molecule has 26 heavy (non-hydrogen) atoms. The Labute approximate surface area is 154 Å². The minimum absolute atomic E-state index is 0.219. The van der Waals surface area contributed by atoms with Crippen LogP contribution in [0.4, 0.5) is 5.69 Å². The van der Waals surface area contributed by atoms with Gasteiger partial charge in [0.15, 0.2) is 0 Å². The van der Waals surface area contributed by atoms with E-state index in [1.165, 1.54) is 22.2 Å². The van der Waals surface area contributed by atoms with Gasteiger partial charge in [0.05, 0.1) is 6.42 Å². The molecular formula is C22H25N3O. The summed E-state index contributed by atoms with van der Waals surface area (Å²) in [7, 11) is 0. The van der Waals surface area contributed by atoms with Gasteiger partial charge >= 0.3 is 0 Å². The summed E-state index contributed by atoms with van der Waals surface area (Å²) in [6, 6.07) is 14.7. The third-order valence-corrected chi connectivity index (χ3v) is 5.52. The minimum atomic E-state index is 0.219. The average molecular weight is 347 g/mol. The molecule has 4 rings (SSSR count). The van der Waals surface area contributed by atoms with Gasteiger partial charge < -0.3 is 14.8 Å². The number of fused-ring (bicyclic) bond motifs is 1. The number of rotatable bonds is 3. The third-order valence-electron chi connectivity index (χ3n) is 5.52. The number of benzene rings is 2. The molecule has 4 heteroatoms. The molecule has 2 heterocycles. The van der Waals surface area contributed by atoms with Crippen molar-refractivity contribution in [1.82, 2.24) is 9.88 Å². The Bertz CT molecular complexity index is 935. The second kappa shape index (κ2) is 6.87. The topological polar surface area (TPSA) is 39.3 Å². The molecule has 0 saturated carbocycles. The number of H-pyrrole nitrogens is 1. The van der Waals surface area contributed by atoms with Gasteiger partial charge in [0.2, 0.25) is 5.91 Å². The zero-order valence-corrected chi connectivity index (χ0v) is 15.5. The van der Waals surface area contributed by atoms with Crippen molar-refractivity contribution >= 4 is 22.5 Å². The fourth-order valence-corrected chi connectivity index (χ4v) is 3.77. The molecule has 0 radical (unpaired) electrons. The van der Waals surface area contributed by atoms with Crippen LogP contribution < -0.4 is 4.90 Å². The molecule has 2 aromatic carbocycles. The fraction of sp³-hybridized carbons (Fsp3) is 0.318.